The summed E-state index contributed by atoms with van der Waals surface area (Å²) in [6.07, 6.45) is 0. The number of halogens is 1. The summed E-state index contributed by atoms with van der Waals surface area (Å²) in [6, 6.07) is 4.69. The van der Waals surface area contributed by atoms with Gasteiger partial charge in [0.05, 0.1) is 18.4 Å². The molecule has 6 heteroatoms. The lowest BCUT2D eigenvalue weighted by molar-refractivity contribution is 0.0600. The van der Waals surface area contributed by atoms with Gasteiger partial charge in [0.25, 0.3) is 0 Å². The smallest absolute Gasteiger partial charge is 0.337 e. The Hall–Kier alpha value is -0.880. The number of benzene rings is 1. The molecule has 0 aliphatic carbocycles. The van der Waals surface area contributed by atoms with E-state index in [1.165, 1.54) is 13.2 Å². The third-order valence-electron chi connectivity index (χ3n) is 1.77. The highest BCUT2D eigenvalue weighted by Gasteiger charge is 2.08. The average Bonchev–Trinajstić information content (AvgIpc) is 2.19. The van der Waals surface area contributed by atoms with Crippen molar-refractivity contribution in [3.63, 3.8) is 0 Å². The number of hydrogen-bond donors (Lipinski definition) is 1. The molecule has 0 N–H and O–H groups in total. The van der Waals surface area contributed by atoms with E-state index in [0.29, 0.717) is 15.6 Å². The normalized spacial score (nSPS) is 10.3. The number of methoxy groups -OCH3 is 1. The Balaban J connectivity index is 3.10. The van der Waals surface area contributed by atoms with Gasteiger partial charge in [0, 0.05) is 4.47 Å². The second kappa shape index (κ2) is 5.27. The van der Waals surface area contributed by atoms with Crippen LogP contribution in [0.5, 0.6) is 0 Å². The highest BCUT2D eigenvalue weighted by atomic mass is 79.9. The number of thiol groups is 1. The Kier molecular flexibility index (Phi) is 4.28. The maximum atomic E-state index is 11.2. The number of rotatable bonds is 3. The van der Waals surface area contributed by atoms with E-state index in [1.54, 1.807) is 12.1 Å². The molecule has 0 aromatic heterocycles. The summed E-state index contributed by atoms with van der Waals surface area (Å²) in [4.78, 5) is 11.2. The van der Waals surface area contributed by atoms with Crippen molar-refractivity contribution in [1.29, 1.82) is 0 Å². The lowest BCUT2D eigenvalue weighted by Crippen LogP contribution is -2.02. The largest absolute Gasteiger partial charge is 0.465 e. The fraction of sp³-hybridized carbons (Fsp3) is 0.222. The van der Waals surface area contributed by atoms with Crippen LogP contribution in [-0.4, -0.2) is 21.5 Å². The lowest BCUT2D eigenvalue weighted by Gasteiger charge is -2.03. The molecule has 0 radical (unpaired) electrons. The topological polar surface area (TPSA) is 60.4 Å². The van der Waals surface area contributed by atoms with E-state index in [4.69, 9.17) is 0 Å². The molecule has 0 atom stereocenters. The van der Waals surface area contributed by atoms with Crippen molar-refractivity contribution in [2.45, 2.75) is 5.75 Å². The Labute approximate surface area is 97.3 Å². The van der Waals surface area contributed by atoms with E-state index in [-0.39, 0.29) is 5.75 Å². The van der Waals surface area contributed by atoms with Crippen LogP contribution < -0.4 is 0 Å². The third kappa shape index (κ3) is 3.32. The lowest BCUT2D eigenvalue weighted by atomic mass is 10.1. The second-order valence-electron chi connectivity index (χ2n) is 2.79. The average molecular weight is 293 g/mol. The van der Waals surface area contributed by atoms with Crippen molar-refractivity contribution in [1.82, 2.24) is 0 Å². The standard InChI is InChI=1S/C9H9BrO4S/c1-14-9(11)6-2-3-8(10)7(4-6)5-15(12)13/h2-4,15H,5H2,1H3. The van der Waals surface area contributed by atoms with Gasteiger partial charge in [0.15, 0.2) is 0 Å². The highest BCUT2D eigenvalue weighted by molar-refractivity contribution is 9.10. The second-order valence-corrected chi connectivity index (χ2v) is 4.62. The molecule has 0 aliphatic rings. The molecule has 0 unspecified atom stereocenters. The molecule has 4 nitrogen and oxygen atoms in total. The van der Waals surface area contributed by atoms with Gasteiger partial charge >= 0.3 is 5.97 Å². The van der Waals surface area contributed by atoms with Gasteiger partial charge in [-0.2, -0.15) is 0 Å². The first-order chi connectivity index (χ1) is 7.04. The molecule has 0 fully saturated rings. The van der Waals surface area contributed by atoms with Crippen molar-refractivity contribution in [3.05, 3.63) is 33.8 Å². The molecule has 0 amide bonds. The van der Waals surface area contributed by atoms with Crippen LogP contribution >= 0.6 is 15.9 Å². The van der Waals surface area contributed by atoms with Crippen LogP contribution in [0.4, 0.5) is 0 Å². The van der Waals surface area contributed by atoms with Crippen LogP contribution in [0.3, 0.4) is 0 Å². The summed E-state index contributed by atoms with van der Waals surface area (Å²) in [6.45, 7) is 0. The zero-order chi connectivity index (χ0) is 11.4. The molecule has 0 heterocycles. The molecule has 0 spiro atoms. The molecule has 0 bridgehead atoms. The zero-order valence-corrected chi connectivity index (χ0v) is 10.4. The Morgan fingerprint density at radius 2 is 2.13 bits per heavy atom. The van der Waals surface area contributed by atoms with Gasteiger partial charge in [-0.05, 0) is 23.8 Å². The van der Waals surface area contributed by atoms with Crippen LogP contribution in [0.25, 0.3) is 0 Å². The summed E-state index contributed by atoms with van der Waals surface area (Å²) >= 11 is 3.21. The molecule has 15 heavy (non-hydrogen) atoms. The van der Waals surface area contributed by atoms with Gasteiger partial charge in [0.1, 0.15) is 10.7 Å². The molecular weight excluding hydrogens is 284 g/mol. The minimum absolute atomic E-state index is 0.0965. The van der Waals surface area contributed by atoms with Crippen molar-refractivity contribution < 1.29 is 17.9 Å². The summed E-state index contributed by atoms with van der Waals surface area (Å²) in [7, 11) is -1.24. The van der Waals surface area contributed by atoms with Gasteiger partial charge in [-0.1, -0.05) is 15.9 Å². The Morgan fingerprint density at radius 1 is 1.47 bits per heavy atom. The highest BCUT2D eigenvalue weighted by Crippen LogP contribution is 2.19. The van der Waals surface area contributed by atoms with Gasteiger partial charge in [-0.25, -0.2) is 13.2 Å². The molecule has 1 aromatic rings. The number of carbonyl (C=O) groups is 1. The SMILES string of the molecule is COC(=O)c1ccc(Br)c(C[SH](=O)=O)c1. The van der Waals surface area contributed by atoms with Gasteiger partial charge in [-0.15, -0.1) is 0 Å². The quantitative estimate of drug-likeness (QED) is 0.675. The maximum absolute atomic E-state index is 11.2. The molecule has 0 saturated heterocycles. The number of ether oxygens (including phenoxy) is 1. The third-order valence-corrected chi connectivity index (χ3v) is 3.14. The Bertz CT molecular complexity index is 445. The number of carbonyl (C=O) groups excluding carboxylic acids is 1. The molecule has 82 valence electrons. The fourth-order valence-electron chi connectivity index (χ4n) is 1.08. The van der Waals surface area contributed by atoms with Crippen LogP contribution in [0.15, 0.2) is 22.7 Å². The summed E-state index contributed by atoms with van der Waals surface area (Å²) in [5.41, 5.74) is 0.890. The summed E-state index contributed by atoms with van der Waals surface area (Å²) < 4.78 is 26.3. The van der Waals surface area contributed by atoms with Crippen molar-refractivity contribution in [2.75, 3.05) is 7.11 Å². The van der Waals surface area contributed by atoms with Crippen LogP contribution in [0, 0.1) is 0 Å². The predicted octanol–water partition coefficient (Wildman–Crippen LogP) is 1.35. The molecule has 0 aliphatic heterocycles. The summed E-state index contributed by atoms with van der Waals surface area (Å²) in [5, 5.41) is 0. The van der Waals surface area contributed by atoms with E-state index in [1.807, 2.05) is 0 Å². The van der Waals surface area contributed by atoms with Crippen LogP contribution in [-0.2, 0) is 21.2 Å². The zero-order valence-electron chi connectivity index (χ0n) is 7.90. The molecule has 1 rings (SSSR count). The first-order valence-electron chi connectivity index (χ1n) is 4.03. The number of hydrogen-bond acceptors (Lipinski definition) is 4. The van der Waals surface area contributed by atoms with E-state index in [9.17, 15) is 13.2 Å². The van der Waals surface area contributed by atoms with E-state index >= 15 is 0 Å². The van der Waals surface area contributed by atoms with Crippen LogP contribution in [0.2, 0.25) is 0 Å². The first-order valence-corrected chi connectivity index (χ1v) is 6.18. The fourth-order valence-corrected chi connectivity index (χ4v) is 2.22. The van der Waals surface area contributed by atoms with Gasteiger partial charge in [-0.3, -0.25) is 0 Å². The van der Waals surface area contributed by atoms with E-state index in [0.717, 1.165) is 0 Å². The van der Waals surface area contributed by atoms with Crippen molar-refractivity contribution in [2.24, 2.45) is 0 Å². The first kappa shape index (κ1) is 12.2. The van der Waals surface area contributed by atoms with Gasteiger partial charge < -0.3 is 4.74 Å². The van der Waals surface area contributed by atoms with E-state index < -0.39 is 16.7 Å². The van der Waals surface area contributed by atoms with Crippen molar-refractivity contribution >= 4 is 32.6 Å². The maximum Gasteiger partial charge on any atom is 0.337 e. The Morgan fingerprint density at radius 3 is 2.67 bits per heavy atom. The molecule has 0 saturated carbocycles. The van der Waals surface area contributed by atoms with E-state index in [2.05, 4.69) is 20.7 Å². The number of esters is 1. The van der Waals surface area contributed by atoms with Crippen molar-refractivity contribution in [3.8, 4) is 0 Å². The summed E-state index contributed by atoms with van der Waals surface area (Å²) in [5.74, 6) is -0.578. The molecule has 1 aromatic carbocycles. The van der Waals surface area contributed by atoms with Crippen LogP contribution in [0.1, 0.15) is 15.9 Å². The monoisotopic (exact) mass is 292 g/mol. The minimum atomic E-state index is -2.51. The molecular formula is C9H9BrO4S. The van der Waals surface area contributed by atoms with Gasteiger partial charge in [0.2, 0.25) is 0 Å². The predicted molar refractivity (Wildman–Crippen MR) is 59.5 cm³/mol. The minimum Gasteiger partial charge on any atom is -0.465 e.